The molecule has 0 aromatic rings. The van der Waals surface area contributed by atoms with Crippen molar-refractivity contribution in [2.75, 3.05) is 13.8 Å². The third-order valence-corrected chi connectivity index (χ3v) is 2.49. The summed E-state index contributed by atoms with van der Waals surface area (Å²) >= 11 is 0. The van der Waals surface area contributed by atoms with E-state index in [1.54, 1.807) is 13.8 Å². The van der Waals surface area contributed by atoms with E-state index in [0.29, 0.717) is 0 Å². The van der Waals surface area contributed by atoms with Gasteiger partial charge < -0.3 is 18.9 Å². The van der Waals surface area contributed by atoms with Gasteiger partial charge in [-0.2, -0.15) is 0 Å². The lowest BCUT2D eigenvalue weighted by Gasteiger charge is -2.22. The van der Waals surface area contributed by atoms with Gasteiger partial charge in [0.2, 0.25) is 0 Å². The molecule has 2 saturated heterocycles. The van der Waals surface area contributed by atoms with Crippen molar-refractivity contribution < 1.29 is 23.3 Å². The Morgan fingerprint density at radius 3 is 2.50 bits per heavy atom. The van der Waals surface area contributed by atoms with E-state index in [1.165, 1.54) is 7.11 Å². The molecule has 4 atom stereocenters. The minimum Gasteiger partial charge on any atom is -0.353 e. The topological polar surface area (TPSA) is 36.9 Å². The standard InChI is InChI=1S/C9H15FO4/c1-9(2)13-6-5(4-10)12-8(11-3)7(6)14-9/h5-8H,4H2,1-3H3/t5-,6-,7-,8?/m1/s1. The molecule has 0 N–H and O–H groups in total. The summed E-state index contributed by atoms with van der Waals surface area (Å²) < 4.78 is 34.0. The number of rotatable bonds is 2. The maximum Gasteiger partial charge on any atom is 0.186 e. The van der Waals surface area contributed by atoms with Gasteiger partial charge in [-0.25, -0.2) is 4.39 Å². The predicted octanol–water partition coefficient (Wildman–Crippen LogP) is 0.847. The Hall–Kier alpha value is -0.230. The van der Waals surface area contributed by atoms with Crippen LogP contribution in [0.2, 0.25) is 0 Å². The molecule has 0 spiro atoms. The normalized spacial score (nSPS) is 45.4. The van der Waals surface area contributed by atoms with Gasteiger partial charge in [-0.15, -0.1) is 0 Å². The van der Waals surface area contributed by atoms with Gasteiger partial charge in [0, 0.05) is 7.11 Å². The SMILES string of the molecule is COC1O[C@H](CF)[C@H]2OC(C)(C)O[C@@H]12. The van der Waals surface area contributed by atoms with Crippen molar-refractivity contribution in [2.24, 2.45) is 0 Å². The van der Waals surface area contributed by atoms with E-state index >= 15 is 0 Å². The van der Waals surface area contributed by atoms with Gasteiger partial charge in [0.1, 0.15) is 25.0 Å². The zero-order valence-electron chi connectivity index (χ0n) is 8.53. The summed E-state index contributed by atoms with van der Waals surface area (Å²) in [4.78, 5) is 0. The second-order valence-electron chi connectivity index (χ2n) is 4.00. The van der Waals surface area contributed by atoms with E-state index < -0.39 is 24.9 Å². The summed E-state index contributed by atoms with van der Waals surface area (Å²) in [7, 11) is 1.51. The van der Waals surface area contributed by atoms with Crippen molar-refractivity contribution in [2.45, 2.75) is 44.2 Å². The molecule has 0 aromatic heterocycles. The number of halogens is 1. The zero-order chi connectivity index (χ0) is 10.3. The summed E-state index contributed by atoms with van der Waals surface area (Å²) in [5.41, 5.74) is 0. The van der Waals surface area contributed by atoms with Crippen molar-refractivity contribution in [3.05, 3.63) is 0 Å². The second kappa shape index (κ2) is 3.41. The van der Waals surface area contributed by atoms with E-state index in [4.69, 9.17) is 18.9 Å². The van der Waals surface area contributed by atoms with Crippen LogP contribution in [0.4, 0.5) is 4.39 Å². The van der Waals surface area contributed by atoms with Crippen molar-refractivity contribution in [1.82, 2.24) is 0 Å². The van der Waals surface area contributed by atoms with Crippen LogP contribution in [0.15, 0.2) is 0 Å². The van der Waals surface area contributed by atoms with E-state index in [2.05, 4.69) is 0 Å². The second-order valence-corrected chi connectivity index (χ2v) is 4.00. The highest BCUT2D eigenvalue weighted by atomic mass is 19.1. The van der Waals surface area contributed by atoms with Gasteiger partial charge in [-0.1, -0.05) is 0 Å². The van der Waals surface area contributed by atoms with Crippen molar-refractivity contribution in [1.29, 1.82) is 0 Å². The van der Waals surface area contributed by atoms with Crippen LogP contribution in [0, 0.1) is 0 Å². The fraction of sp³-hybridized carbons (Fsp3) is 1.00. The summed E-state index contributed by atoms with van der Waals surface area (Å²) in [5, 5.41) is 0. The van der Waals surface area contributed by atoms with E-state index in [9.17, 15) is 4.39 Å². The Labute approximate surface area is 82.3 Å². The van der Waals surface area contributed by atoms with Gasteiger partial charge in [-0.05, 0) is 13.8 Å². The highest BCUT2D eigenvalue weighted by Crippen LogP contribution is 2.38. The number of ether oxygens (including phenoxy) is 4. The average Bonchev–Trinajstić information content (AvgIpc) is 2.57. The minimum atomic E-state index is -0.677. The van der Waals surface area contributed by atoms with Crippen molar-refractivity contribution in [3.63, 3.8) is 0 Å². The lowest BCUT2D eigenvalue weighted by Crippen LogP contribution is -2.31. The van der Waals surface area contributed by atoms with E-state index in [0.717, 1.165) is 0 Å². The first-order valence-corrected chi connectivity index (χ1v) is 4.67. The maximum atomic E-state index is 12.6. The Morgan fingerprint density at radius 2 is 1.93 bits per heavy atom. The summed E-state index contributed by atoms with van der Waals surface area (Å²) in [5.74, 6) is -0.677. The lowest BCUT2D eigenvalue weighted by atomic mass is 10.1. The summed E-state index contributed by atoms with van der Waals surface area (Å²) in [6.45, 7) is 3.02. The molecule has 82 valence electrons. The Morgan fingerprint density at radius 1 is 1.29 bits per heavy atom. The Bertz CT molecular complexity index is 201. The van der Waals surface area contributed by atoms with Crippen molar-refractivity contribution in [3.8, 4) is 0 Å². The first kappa shape index (κ1) is 10.3. The third-order valence-electron chi connectivity index (χ3n) is 2.49. The van der Waals surface area contributed by atoms with Gasteiger partial charge >= 0.3 is 0 Å². The number of alkyl halides is 1. The maximum absolute atomic E-state index is 12.6. The van der Waals surface area contributed by atoms with Crippen LogP contribution in [0.5, 0.6) is 0 Å². The van der Waals surface area contributed by atoms with Crippen LogP contribution in [-0.4, -0.2) is 44.2 Å². The molecule has 2 fully saturated rings. The van der Waals surface area contributed by atoms with Crippen LogP contribution < -0.4 is 0 Å². The Balaban J connectivity index is 2.12. The fourth-order valence-electron chi connectivity index (χ4n) is 1.96. The molecule has 0 bridgehead atoms. The smallest absolute Gasteiger partial charge is 0.186 e. The lowest BCUT2D eigenvalue weighted by molar-refractivity contribution is -0.228. The molecule has 0 aliphatic carbocycles. The monoisotopic (exact) mass is 206 g/mol. The first-order chi connectivity index (χ1) is 6.57. The predicted molar refractivity (Wildman–Crippen MR) is 45.5 cm³/mol. The quantitative estimate of drug-likeness (QED) is 0.671. The summed E-state index contributed by atoms with van der Waals surface area (Å²) in [6.07, 6.45) is -1.79. The van der Waals surface area contributed by atoms with E-state index in [-0.39, 0.29) is 12.2 Å². The van der Waals surface area contributed by atoms with Crippen LogP contribution >= 0.6 is 0 Å². The molecular formula is C9H15FO4. The van der Waals surface area contributed by atoms with Gasteiger partial charge in [0.25, 0.3) is 0 Å². The molecule has 0 radical (unpaired) electrons. The molecule has 14 heavy (non-hydrogen) atoms. The molecule has 2 aliphatic rings. The highest BCUT2D eigenvalue weighted by Gasteiger charge is 2.55. The van der Waals surface area contributed by atoms with Gasteiger partial charge in [0.05, 0.1) is 0 Å². The number of methoxy groups -OCH3 is 1. The largest absolute Gasteiger partial charge is 0.353 e. The third kappa shape index (κ3) is 1.54. The van der Waals surface area contributed by atoms with Crippen LogP contribution in [0.1, 0.15) is 13.8 Å². The molecule has 0 saturated carbocycles. The van der Waals surface area contributed by atoms with Gasteiger partial charge in [0.15, 0.2) is 12.1 Å². The fourth-order valence-corrected chi connectivity index (χ4v) is 1.96. The van der Waals surface area contributed by atoms with Crippen molar-refractivity contribution >= 4 is 0 Å². The van der Waals surface area contributed by atoms with Crippen LogP contribution in [0.3, 0.4) is 0 Å². The van der Waals surface area contributed by atoms with Crippen LogP contribution in [-0.2, 0) is 18.9 Å². The minimum absolute atomic E-state index is 0.323. The highest BCUT2D eigenvalue weighted by molar-refractivity contribution is 4.94. The molecule has 0 aromatic carbocycles. The molecule has 4 nitrogen and oxygen atoms in total. The number of fused-ring (bicyclic) bond motifs is 1. The molecule has 0 amide bonds. The average molecular weight is 206 g/mol. The number of hydrogen-bond acceptors (Lipinski definition) is 4. The molecule has 2 heterocycles. The number of hydrogen-bond donors (Lipinski definition) is 0. The molecule has 2 rings (SSSR count). The zero-order valence-corrected chi connectivity index (χ0v) is 8.53. The molecular weight excluding hydrogens is 191 g/mol. The Kier molecular flexibility index (Phi) is 2.51. The van der Waals surface area contributed by atoms with Crippen LogP contribution in [0.25, 0.3) is 0 Å². The molecule has 1 unspecified atom stereocenters. The first-order valence-electron chi connectivity index (χ1n) is 4.67. The van der Waals surface area contributed by atoms with Gasteiger partial charge in [-0.3, -0.25) is 0 Å². The molecule has 2 aliphatic heterocycles. The molecule has 5 heteroatoms. The van der Waals surface area contributed by atoms with E-state index in [1.807, 2.05) is 0 Å². The summed E-state index contributed by atoms with van der Waals surface area (Å²) in [6, 6.07) is 0.